The maximum atomic E-state index is 12.6. The van der Waals surface area contributed by atoms with Gasteiger partial charge in [0.05, 0.1) is 10.6 Å². The number of piperazine rings is 1. The lowest BCUT2D eigenvalue weighted by Gasteiger charge is -2.34. The molecule has 132 valence electrons. The van der Waals surface area contributed by atoms with Gasteiger partial charge in [0, 0.05) is 26.2 Å². The van der Waals surface area contributed by atoms with Crippen LogP contribution in [0.2, 0.25) is 10.2 Å². The van der Waals surface area contributed by atoms with E-state index in [1.807, 2.05) is 0 Å². The Morgan fingerprint density at radius 2 is 1.80 bits per heavy atom. The summed E-state index contributed by atoms with van der Waals surface area (Å²) in [6.45, 7) is 5.22. The highest BCUT2D eigenvalue weighted by Gasteiger charge is 2.23. The first-order chi connectivity index (χ1) is 12.0. The molecule has 2 heterocycles. The van der Waals surface area contributed by atoms with Gasteiger partial charge >= 0.3 is 0 Å². The van der Waals surface area contributed by atoms with Crippen molar-refractivity contribution in [1.82, 2.24) is 14.9 Å². The first-order valence-electron chi connectivity index (χ1n) is 7.99. The molecule has 1 aliphatic heterocycles. The van der Waals surface area contributed by atoms with Gasteiger partial charge in [0.15, 0.2) is 11.0 Å². The molecular weight excluding hydrogens is 361 g/mol. The second kappa shape index (κ2) is 7.56. The molecule has 1 aliphatic rings. The van der Waals surface area contributed by atoms with E-state index in [1.165, 1.54) is 0 Å². The molecule has 25 heavy (non-hydrogen) atoms. The highest BCUT2D eigenvalue weighted by Crippen LogP contribution is 2.31. The summed E-state index contributed by atoms with van der Waals surface area (Å²) in [5.74, 6) is 0.871. The summed E-state index contributed by atoms with van der Waals surface area (Å²) in [6.07, 6.45) is 0. The van der Waals surface area contributed by atoms with Crippen molar-refractivity contribution in [2.24, 2.45) is 0 Å². The van der Waals surface area contributed by atoms with E-state index in [9.17, 15) is 4.79 Å². The zero-order valence-corrected chi connectivity index (χ0v) is 15.6. The largest absolute Gasteiger partial charge is 0.352 e. The summed E-state index contributed by atoms with van der Waals surface area (Å²) in [5, 5.41) is 3.44. The first-order valence-corrected chi connectivity index (χ1v) is 8.75. The molecule has 0 unspecified atom stereocenters. The first kappa shape index (κ1) is 17.9. The highest BCUT2D eigenvalue weighted by atomic mass is 35.5. The van der Waals surface area contributed by atoms with Crippen LogP contribution < -0.4 is 10.2 Å². The molecule has 0 spiro atoms. The number of halogens is 2. The lowest BCUT2D eigenvalue weighted by atomic mass is 10.2. The summed E-state index contributed by atoms with van der Waals surface area (Å²) in [4.78, 5) is 25.7. The monoisotopic (exact) mass is 379 g/mol. The third-order valence-electron chi connectivity index (χ3n) is 4.12. The van der Waals surface area contributed by atoms with Gasteiger partial charge in [-0.25, -0.2) is 9.97 Å². The molecule has 3 rings (SSSR count). The van der Waals surface area contributed by atoms with Gasteiger partial charge in [0.25, 0.3) is 5.91 Å². The third-order valence-corrected chi connectivity index (χ3v) is 4.72. The molecular formula is C17H19Cl2N5O. The van der Waals surface area contributed by atoms with Crippen molar-refractivity contribution in [2.75, 3.05) is 43.4 Å². The Balaban J connectivity index is 1.92. The zero-order chi connectivity index (χ0) is 18.0. The molecule has 1 aromatic heterocycles. The Bertz CT molecular complexity index is 791. The summed E-state index contributed by atoms with van der Waals surface area (Å²) in [5.41, 5.74) is 0.798. The average Bonchev–Trinajstić information content (AvgIpc) is 2.58. The van der Waals surface area contributed by atoms with Crippen LogP contribution in [0.3, 0.4) is 0 Å². The predicted octanol–water partition coefficient (Wildman–Crippen LogP) is 3.10. The molecule has 0 aliphatic carbocycles. The molecule has 0 saturated carbocycles. The number of anilines is 2. The number of nitrogens with one attached hydrogen (secondary N) is 1. The number of rotatable bonds is 3. The normalized spacial score (nSPS) is 15.3. The van der Waals surface area contributed by atoms with Crippen molar-refractivity contribution >= 4 is 40.6 Å². The van der Waals surface area contributed by atoms with E-state index in [4.69, 9.17) is 23.2 Å². The van der Waals surface area contributed by atoms with Gasteiger partial charge in [-0.2, -0.15) is 0 Å². The van der Waals surface area contributed by atoms with Gasteiger partial charge in [0.2, 0.25) is 0 Å². The molecule has 1 aromatic carbocycles. The summed E-state index contributed by atoms with van der Waals surface area (Å²) >= 11 is 12.4. The number of carbonyl (C=O) groups is 1. The second-order valence-corrected chi connectivity index (χ2v) is 6.75. The Labute approximate surface area is 156 Å². The number of aryl methyl sites for hydroxylation is 1. The van der Waals surface area contributed by atoms with Gasteiger partial charge in [0.1, 0.15) is 11.5 Å². The summed E-state index contributed by atoms with van der Waals surface area (Å²) < 4.78 is 0. The van der Waals surface area contributed by atoms with Crippen LogP contribution in [0.15, 0.2) is 24.3 Å². The SMILES string of the molecule is Cc1nc(Cl)c(NC(=O)c2ccccc2Cl)c(N2CCN(C)CC2)n1. The van der Waals surface area contributed by atoms with Crippen LogP contribution in [0, 0.1) is 6.92 Å². The van der Waals surface area contributed by atoms with E-state index in [0.717, 1.165) is 26.2 Å². The molecule has 0 bridgehead atoms. The minimum atomic E-state index is -0.338. The fourth-order valence-electron chi connectivity index (χ4n) is 2.71. The minimum Gasteiger partial charge on any atom is -0.352 e. The number of carbonyl (C=O) groups excluding carboxylic acids is 1. The quantitative estimate of drug-likeness (QED) is 0.830. The van der Waals surface area contributed by atoms with E-state index in [2.05, 4.69) is 32.1 Å². The van der Waals surface area contributed by atoms with Crippen LogP contribution in [0.25, 0.3) is 0 Å². The van der Waals surface area contributed by atoms with Crippen molar-refractivity contribution < 1.29 is 4.79 Å². The van der Waals surface area contributed by atoms with Crippen molar-refractivity contribution in [3.05, 3.63) is 45.8 Å². The molecule has 6 nitrogen and oxygen atoms in total. The Hall–Kier alpha value is -1.89. The number of amides is 1. The molecule has 0 atom stereocenters. The lowest BCUT2D eigenvalue weighted by molar-refractivity contribution is 0.102. The average molecular weight is 380 g/mol. The van der Waals surface area contributed by atoms with Crippen molar-refractivity contribution in [3.8, 4) is 0 Å². The maximum absolute atomic E-state index is 12.6. The molecule has 8 heteroatoms. The van der Waals surface area contributed by atoms with Crippen molar-refractivity contribution in [1.29, 1.82) is 0 Å². The Kier molecular flexibility index (Phi) is 5.42. The van der Waals surface area contributed by atoms with E-state index >= 15 is 0 Å². The van der Waals surface area contributed by atoms with Crippen LogP contribution in [-0.4, -0.2) is 54.0 Å². The lowest BCUT2D eigenvalue weighted by Crippen LogP contribution is -2.45. The summed E-state index contributed by atoms with van der Waals surface area (Å²) in [7, 11) is 2.08. The van der Waals surface area contributed by atoms with Crippen LogP contribution in [0.5, 0.6) is 0 Å². The number of aromatic nitrogens is 2. The van der Waals surface area contributed by atoms with E-state index in [-0.39, 0.29) is 11.1 Å². The van der Waals surface area contributed by atoms with E-state index < -0.39 is 0 Å². The fourth-order valence-corrected chi connectivity index (χ4v) is 3.18. The Morgan fingerprint density at radius 3 is 2.48 bits per heavy atom. The van der Waals surface area contributed by atoms with Gasteiger partial charge in [-0.05, 0) is 26.1 Å². The minimum absolute atomic E-state index is 0.224. The molecule has 1 fully saturated rings. The van der Waals surface area contributed by atoms with Gasteiger partial charge in [-0.15, -0.1) is 0 Å². The number of benzene rings is 1. The van der Waals surface area contributed by atoms with Crippen molar-refractivity contribution in [2.45, 2.75) is 6.92 Å². The zero-order valence-electron chi connectivity index (χ0n) is 14.1. The molecule has 1 saturated heterocycles. The van der Waals surface area contributed by atoms with E-state index in [1.54, 1.807) is 31.2 Å². The van der Waals surface area contributed by atoms with Gasteiger partial charge in [-0.3, -0.25) is 4.79 Å². The third kappa shape index (κ3) is 4.03. The number of nitrogens with zero attached hydrogens (tertiary/aromatic N) is 4. The number of likely N-dealkylation sites (N-methyl/N-ethyl adjacent to an activating group) is 1. The smallest absolute Gasteiger partial charge is 0.257 e. The molecule has 2 aromatic rings. The highest BCUT2D eigenvalue weighted by molar-refractivity contribution is 6.35. The van der Waals surface area contributed by atoms with Crippen LogP contribution in [-0.2, 0) is 0 Å². The van der Waals surface area contributed by atoms with Crippen LogP contribution >= 0.6 is 23.2 Å². The second-order valence-electron chi connectivity index (χ2n) is 5.98. The molecule has 1 amide bonds. The van der Waals surface area contributed by atoms with Crippen LogP contribution in [0.1, 0.15) is 16.2 Å². The molecule has 0 radical (unpaired) electrons. The summed E-state index contributed by atoms with van der Waals surface area (Å²) in [6, 6.07) is 6.87. The van der Waals surface area contributed by atoms with E-state index in [0.29, 0.717) is 27.9 Å². The standard InChI is InChI=1S/C17H19Cl2N5O/c1-11-20-15(19)14(16(21-11)24-9-7-23(2)8-10-24)22-17(25)12-5-3-4-6-13(12)18/h3-6H,7-10H2,1-2H3,(H,22,25). The van der Waals surface area contributed by atoms with Crippen molar-refractivity contribution in [3.63, 3.8) is 0 Å². The fraction of sp³-hybridized carbons (Fsp3) is 0.353. The van der Waals surface area contributed by atoms with Crippen LogP contribution in [0.4, 0.5) is 11.5 Å². The van der Waals surface area contributed by atoms with Gasteiger partial charge in [-0.1, -0.05) is 35.3 Å². The topological polar surface area (TPSA) is 61.4 Å². The maximum Gasteiger partial charge on any atom is 0.257 e. The predicted molar refractivity (Wildman–Crippen MR) is 101 cm³/mol. The Morgan fingerprint density at radius 1 is 1.12 bits per heavy atom. The molecule has 1 N–H and O–H groups in total. The number of hydrogen-bond acceptors (Lipinski definition) is 5. The van der Waals surface area contributed by atoms with Gasteiger partial charge < -0.3 is 15.1 Å². The number of hydrogen-bond donors (Lipinski definition) is 1.